The van der Waals surface area contributed by atoms with Crippen molar-refractivity contribution in [1.29, 1.82) is 0 Å². The Morgan fingerprint density at radius 2 is 2.21 bits per heavy atom. The number of aliphatic carboxylic acids is 1. The Morgan fingerprint density at radius 1 is 1.42 bits per heavy atom. The third-order valence-corrected chi connectivity index (χ3v) is 3.03. The number of nitrogens with two attached hydrogens (primary N) is 1. The Morgan fingerprint density at radius 3 is 2.95 bits per heavy atom. The molecule has 2 rings (SSSR count). The molecular formula is C13H16N2O4. The number of hydrogen-bond donors (Lipinski definition) is 3. The van der Waals surface area contributed by atoms with Gasteiger partial charge in [-0.05, 0) is 37.0 Å². The predicted molar refractivity (Wildman–Crippen MR) is 70.0 cm³/mol. The molecule has 1 unspecified atom stereocenters. The summed E-state index contributed by atoms with van der Waals surface area (Å²) >= 11 is 0. The smallest absolute Gasteiger partial charge is 0.417 e. The number of benzene rings is 1. The van der Waals surface area contributed by atoms with E-state index in [-0.39, 0.29) is 0 Å². The summed E-state index contributed by atoms with van der Waals surface area (Å²) in [6, 6.07) is 4.76. The maximum absolute atomic E-state index is 11.0. The number of carboxylic acid groups (broad SMARTS) is 1. The highest BCUT2D eigenvalue weighted by atomic mass is 16.4. The molecule has 0 aliphatic heterocycles. The van der Waals surface area contributed by atoms with Gasteiger partial charge in [0.05, 0.1) is 5.52 Å². The first-order chi connectivity index (χ1) is 9.06. The van der Waals surface area contributed by atoms with Crippen molar-refractivity contribution in [3.8, 4) is 0 Å². The molecule has 0 amide bonds. The molecule has 0 saturated heterocycles. The van der Waals surface area contributed by atoms with E-state index in [2.05, 4.69) is 4.98 Å². The van der Waals surface area contributed by atoms with Crippen LogP contribution < -0.4 is 11.5 Å². The fourth-order valence-electron chi connectivity index (χ4n) is 1.96. The fraction of sp³-hybridized carbons (Fsp3) is 0.385. The zero-order chi connectivity index (χ0) is 13.8. The Kier molecular flexibility index (Phi) is 4.01. The summed E-state index contributed by atoms with van der Waals surface area (Å²) < 4.78 is 4.98. The zero-order valence-corrected chi connectivity index (χ0v) is 10.4. The maximum atomic E-state index is 11.0. The van der Waals surface area contributed by atoms with E-state index < -0.39 is 17.8 Å². The molecule has 0 fully saturated rings. The van der Waals surface area contributed by atoms with Gasteiger partial charge in [0.15, 0.2) is 5.58 Å². The number of oxazole rings is 1. The van der Waals surface area contributed by atoms with Gasteiger partial charge >= 0.3 is 11.7 Å². The van der Waals surface area contributed by atoms with Crippen molar-refractivity contribution in [3.05, 3.63) is 34.3 Å². The van der Waals surface area contributed by atoms with Gasteiger partial charge < -0.3 is 15.3 Å². The highest BCUT2D eigenvalue weighted by molar-refractivity contribution is 5.73. The molecule has 2 aromatic rings. The van der Waals surface area contributed by atoms with Crippen LogP contribution in [0.2, 0.25) is 0 Å². The molecule has 0 radical (unpaired) electrons. The Hall–Kier alpha value is -2.08. The summed E-state index contributed by atoms with van der Waals surface area (Å²) in [5.74, 6) is -1.42. The molecule has 19 heavy (non-hydrogen) atoms. The minimum absolute atomic E-state index is 0.459. The van der Waals surface area contributed by atoms with Crippen LogP contribution in [-0.4, -0.2) is 22.1 Å². The van der Waals surface area contributed by atoms with E-state index in [0.29, 0.717) is 17.5 Å². The summed E-state index contributed by atoms with van der Waals surface area (Å²) in [5.41, 5.74) is 7.70. The molecule has 6 heteroatoms. The molecule has 6 nitrogen and oxygen atoms in total. The quantitative estimate of drug-likeness (QED) is 0.680. The van der Waals surface area contributed by atoms with Crippen LogP contribution in [0.25, 0.3) is 11.1 Å². The lowest BCUT2D eigenvalue weighted by molar-refractivity contribution is -0.138. The van der Waals surface area contributed by atoms with Gasteiger partial charge in [-0.2, -0.15) is 0 Å². The first kappa shape index (κ1) is 13.4. The van der Waals surface area contributed by atoms with E-state index in [0.717, 1.165) is 24.8 Å². The standard InChI is InChI=1S/C13H16N2O4/c14-9(12(16)17)4-2-1-3-8-5-6-10-11(7-8)19-13(18)15-10/h5-7,9H,1-4,14H2,(H,15,18)(H,16,17). The van der Waals surface area contributed by atoms with E-state index in [4.69, 9.17) is 15.3 Å². The number of aromatic amines is 1. The summed E-state index contributed by atoms with van der Waals surface area (Å²) in [7, 11) is 0. The second kappa shape index (κ2) is 5.71. The highest BCUT2D eigenvalue weighted by Crippen LogP contribution is 2.14. The second-order valence-electron chi connectivity index (χ2n) is 4.54. The van der Waals surface area contributed by atoms with E-state index in [9.17, 15) is 9.59 Å². The third-order valence-electron chi connectivity index (χ3n) is 3.03. The number of rotatable bonds is 6. The first-order valence-corrected chi connectivity index (χ1v) is 6.16. The SMILES string of the molecule is NC(CCCCc1ccc2[nH]c(=O)oc2c1)C(=O)O. The van der Waals surface area contributed by atoms with Crippen LogP contribution in [0.5, 0.6) is 0 Å². The average molecular weight is 264 g/mol. The molecule has 1 aromatic heterocycles. The number of unbranched alkanes of at least 4 members (excludes halogenated alkanes) is 1. The van der Waals surface area contributed by atoms with Crippen molar-refractivity contribution < 1.29 is 14.3 Å². The molecule has 4 N–H and O–H groups in total. The number of aryl methyl sites for hydroxylation is 1. The molecule has 102 valence electrons. The number of fused-ring (bicyclic) bond motifs is 1. The summed E-state index contributed by atoms with van der Waals surface area (Å²) in [4.78, 5) is 24.1. The molecule has 1 atom stereocenters. The monoisotopic (exact) mass is 264 g/mol. The van der Waals surface area contributed by atoms with Crippen molar-refractivity contribution in [2.24, 2.45) is 5.73 Å². The number of carboxylic acids is 1. The van der Waals surface area contributed by atoms with Crippen LogP contribution in [0.4, 0.5) is 0 Å². The number of aromatic nitrogens is 1. The van der Waals surface area contributed by atoms with E-state index >= 15 is 0 Å². The van der Waals surface area contributed by atoms with Gasteiger partial charge in [-0.3, -0.25) is 9.78 Å². The maximum Gasteiger partial charge on any atom is 0.417 e. The Balaban J connectivity index is 1.88. The average Bonchev–Trinajstić information content (AvgIpc) is 2.73. The summed E-state index contributed by atoms with van der Waals surface area (Å²) in [5, 5.41) is 8.65. The van der Waals surface area contributed by atoms with Crippen LogP contribution >= 0.6 is 0 Å². The summed E-state index contributed by atoms with van der Waals surface area (Å²) in [6.45, 7) is 0. The van der Waals surface area contributed by atoms with E-state index in [1.165, 1.54) is 0 Å². The van der Waals surface area contributed by atoms with Crippen molar-refractivity contribution in [2.45, 2.75) is 31.7 Å². The number of nitrogens with one attached hydrogen (secondary N) is 1. The molecule has 0 aliphatic rings. The van der Waals surface area contributed by atoms with Crippen molar-refractivity contribution in [3.63, 3.8) is 0 Å². The minimum Gasteiger partial charge on any atom is -0.480 e. The lowest BCUT2D eigenvalue weighted by Gasteiger charge is -2.05. The fourth-order valence-corrected chi connectivity index (χ4v) is 1.96. The normalized spacial score (nSPS) is 12.7. The van der Waals surface area contributed by atoms with Gasteiger partial charge in [0.1, 0.15) is 6.04 Å². The summed E-state index contributed by atoms with van der Waals surface area (Å²) in [6.07, 6.45) is 2.87. The molecule has 1 heterocycles. The molecule has 0 saturated carbocycles. The van der Waals surface area contributed by atoms with Crippen LogP contribution in [0.15, 0.2) is 27.4 Å². The van der Waals surface area contributed by atoms with Gasteiger partial charge in [-0.25, -0.2) is 4.79 Å². The number of carbonyl (C=O) groups is 1. The van der Waals surface area contributed by atoms with E-state index in [1.807, 2.05) is 12.1 Å². The van der Waals surface area contributed by atoms with Gasteiger partial charge in [0.2, 0.25) is 0 Å². The molecule has 0 spiro atoms. The zero-order valence-electron chi connectivity index (χ0n) is 10.4. The Bertz CT molecular complexity index is 629. The highest BCUT2D eigenvalue weighted by Gasteiger charge is 2.10. The van der Waals surface area contributed by atoms with Gasteiger partial charge in [-0.15, -0.1) is 0 Å². The van der Waals surface area contributed by atoms with Crippen molar-refractivity contribution in [2.75, 3.05) is 0 Å². The van der Waals surface area contributed by atoms with Crippen LogP contribution in [0.3, 0.4) is 0 Å². The molecule has 1 aromatic carbocycles. The lowest BCUT2D eigenvalue weighted by atomic mass is 10.0. The molecule has 0 aliphatic carbocycles. The Labute approximate surface area is 109 Å². The van der Waals surface area contributed by atoms with Crippen LogP contribution in [0.1, 0.15) is 24.8 Å². The van der Waals surface area contributed by atoms with Crippen LogP contribution in [0, 0.1) is 0 Å². The van der Waals surface area contributed by atoms with Gasteiger partial charge in [0, 0.05) is 0 Å². The number of hydrogen-bond acceptors (Lipinski definition) is 4. The third kappa shape index (κ3) is 3.45. The largest absolute Gasteiger partial charge is 0.480 e. The van der Waals surface area contributed by atoms with Gasteiger partial charge in [0.25, 0.3) is 0 Å². The predicted octanol–water partition coefficient (Wildman–Crippen LogP) is 1.25. The van der Waals surface area contributed by atoms with Crippen molar-refractivity contribution in [1.82, 2.24) is 4.98 Å². The van der Waals surface area contributed by atoms with Crippen LogP contribution in [-0.2, 0) is 11.2 Å². The molecular weight excluding hydrogens is 248 g/mol. The number of H-pyrrole nitrogens is 1. The lowest BCUT2D eigenvalue weighted by Crippen LogP contribution is -2.29. The molecule has 0 bridgehead atoms. The first-order valence-electron chi connectivity index (χ1n) is 6.16. The minimum atomic E-state index is -0.962. The van der Waals surface area contributed by atoms with Gasteiger partial charge in [-0.1, -0.05) is 12.5 Å². The van der Waals surface area contributed by atoms with Crippen molar-refractivity contribution >= 4 is 17.1 Å². The second-order valence-corrected chi connectivity index (χ2v) is 4.54. The topological polar surface area (TPSA) is 109 Å². The van der Waals surface area contributed by atoms with E-state index in [1.54, 1.807) is 6.07 Å².